The highest BCUT2D eigenvalue weighted by atomic mass is 19.4. The molecule has 15 heavy (non-hydrogen) atoms. The maximum absolute atomic E-state index is 12.9. The van der Waals surface area contributed by atoms with Gasteiger partial charge in [-0.05, 0) is 19.3 Å². The molecule has 0 amide bonds. The second-order valence-electron chi connectivity index (χ2n) is 5.00. The smallest absolute Gasteiger partial charge is 0.298 e. The average Bonchev–Trinajstić information content (AvgIpc) is 1.99. The molecule has 1 nitrogen and oxygen atoms in total. The molecule has 0 aromatic heterocycles. The van der Waals surface area contributed by atoms with Gasteiger partial charge in [-0.1, -0.05) is 27.2 Å². The van der Waals surface area contributed by atoms with E-state index in [2.05, 4.69) is 0 Å². The van der Waals surface area contributed by atoms with Crippen LogP contribution < -0.4 is 0 Å². The lowest BCUT2D eigenvalue weighted by atomic mass is 9.59. The van der Waals surface area contributed by atoms with Crippen LogP contribution in [0.15, 0.2) is 0 Å². The highest BCUT2D eigenvalue weighted by Crippen LogP contribution is 2.56. The molecule has 0 radical (unpaired) electrons. The van der Waals surface area contributed by atoms with E-state index >= 15 is 0 Å². The van der Waals surface area contributed by atoms with Gasteiger partial charge in [0.2, 0.25) is 0 Å². The van der Waals surface area contributed by atoms with E-state index in [1.807, 2.05) is 0 Å². The van der Waals surface area contributed by atoms with E-state index < -0.39 is 22.8 Å². The Kier molecular flexibility index (Phi) is 2.92. The lowest BCUT2D eigenvalue weighted by Crippen LogP contribution is -2.54. The van der Waals surface area contributed by atoms with Crippen LogP contribution in [0.4, 0.5) is 13.2 Å². The Hall–Kier alpha value is -0.540. The summed E-state index contributed by atoms with van der Waals surface area (Å²) in [6.45, 7) is 4.95. The van der Waals surface area contributed by atoms with Crippen molar-refractivity contribution >= 4 is 5.78 Å². The van der Waals surface area contributed by atoms with Crippen molar-refractivity contribution in [1.82, 2.24) is 0 Å². The highest BCUT2D eigenvalue weighted by Gasteiger charge is 2.64. The second kappa shape index (κ2) is 3.49. The Morgan fingerprint density at radius 3 is 1.93 bits per heavy atom. The zero-order chi connectivity index (χ0) is 11.9. The van der Waals surface area contributed by atoms with E-state index in [0.29, 0.717) is 12.8 Å². The monoisotopic (exact) mass is 222 g/mol. The van der Waals surface area contributed by atoms with Gasteiger partial charge in [0.1, 0.15) is 5.41 Å². The van der Waals surface area contributed by atoms with Crippen LogP contribution in [0, 0.1) is 10.8 Å². The summed E-state index contributed by atoms with van der Waals surface area (Å²) in [5, 5.41) is 0. The van der Waals surface area contributed by atoms with Crippen LogP contribution in [0.5, 0.6) is 0 Å². The molecule has 0 heterocycles. The van der Waals surface area contributed by atoms with Crippen molar-refractivity contribution in [3.05, 3.63) is 0 Å². The summed E-state index contributed by atoms with van der Waals surface area (Å²) in [5.41, 5.74) is -2.90. The summed E-state index contributed by atoms with van der Waals surface area (Å²) in [6, 6.07) is 0. The number of Topliss-reactive ketones (excluding diaryl/α,β-unsaturated/α-hetero) is 1. The average molecular weight is 222 g/mol. The number of hydrogen-bond acceptors (Lipinski definition) is 1. The molecule has 0 aromatic rings. The first-order chi connectivity index (χ1) is 6.67. The van der Waals surface area contributed by atoms with Crippen LogP contribution in [0.2, 0.25) is 0 Å². The van der Waals surface area contributed by atoms with E-state index in [1.54, 1.807) is 20.8 Å². The van der Waals surface area contributed by atoms with Crippen molar-refractivity contribution in [3.8, 4) is 0 Å². The molecule has 0 aromatic carbocycles. The van der Waals surface area contributed by atoms with Crippen LogP contribution >= 0.6 is 0 Å². The number of rotatable bonds is 3. The standard InChI is InChI=1S/C11H17F3O/c1-4-9(2,3)8(15)10(6-5-7-10)11(12,13)14/h4-7H2,1-3H3. The van der Waals surface area contributed by atoms with E-state index in [0.717, 1.165) is 0 Å². The number of halogens is 3. The molecule has 0 atom stereocenters. The molecule has 0 N–H and O–H groups in total. The molecule has 1 aliphatic rings. The summed E-state index contributed by atoms with van der Waals surface area (Å²) in [4.78, 5) is 11.9. The fourth-order valence-electron chi connectivity index (χ4n) is 1.98. The molecule has 0 spiro atoms. The lowest BCUT2D eigenvalue weighted by molar-refractivity contribution is -0.246. The number of ketones is 1. The van der Waals surface area contributed by atoms with Gasteiger partial charge in [0.25, 0.3) is 0 Å². The lowest BCUT2D eigenvalue weighted by Gasteiger charge is -2.45. The maximum Gasteiger partial charge on any atom is 0.401 e. The third kappa shape index (κ3) is 1.79. The van der Waals surface area contributed by atoms with Crippen LogP contribution in [0.25, 0.3) is 0 Å². The fraction of sp³-hybridized carbons (Fsp3) is 0.909. The van der Waals surface area contributed by atoms with Crippen molar-refractivity contribution in [2.75, 3.05) is 0 Å². The molecule has 0 aliphatic heterocycles. The zero-order valence-corrected chi connectivity index (χ0v) is 9.37. The highest BCUT2D eigenvalue weighted by molar-refractivity contribution is 5.91. The molecule has 1 saturated carbocycles. The van der Waals surface area contributed by atoms with Crippen LogP contribution in [-0.4, -0.2) is 12.0 Å². The molecule has 1 rings (SSSR count). The molecule has 4 heteroatoms. The summed E-state index contributed by atoms with van der Waals surface area (Å²) in [7, 11) is 0. The number of carbonyl (C=O) groups is 1. The topological polar surface area (TPSA) is 17.1 Å². The molecular weight excluding hydrogens is 205 g/mol. The minimum Gasteiger partial charge on any atom is -0.298 e. The minimum absolute atomic E-state index is 0.0290. The normalized spacial score (nSPS) is 20.9. The summed E-state index contributed by atoms with van der Waals surface area (Å²) >= 11 is 0. The Labute approximate surface area is 88.0 Å². The third-order valence-electron chi connectivity index (χ3n) is 3.68. The van der Waals surface area contributed by atoms with Crippen LogP contribution in [0.1, 0.15) is 46.5 Å². The number of alkyl halides is 3. The van der Waals surface area contributed by atoms with Crippen molar-refractivity contribution in [3.63, 3.8) is 0 Å². The molecular formula is C11H17F3O. The third-order valence-corrected chi connectivity index (χ3v) is 3.68. The molecule has 1 fully saturated rings. The maximum atomic E-state index is 12.9. The van der Waals surface area contributed by atoms with Gasteiger partial charge in [0.05, 0.1) is 0 Å². The van der Waals surface area contributed by atoms with E-state index in [9.17, 15) is 18.0 Å². The SMILES string of the molecule is CCC(C)(C)C(=O)C1(C(F)(F)F)CCC1. The van der Waals surface area contributed by atoms with Crippen molar-refractivity contribution in [2.24, 2.45) is 10.8 Å². The fourth-order valence-corrected chi connectivity index (χ4v) is 1.98. The first-order valence-corrected chi connectivity index (χ1v) is 5.29. The Morgan fingerprint density at radius 2 is 1.73 bits per heavy atom. The van der Waals surface area contributed by atoms with Gasteiger partial charge in [-0.25, -0.2) is 0 Å². The van der Waals surface area contributed by atoms with Gasteiger partial charge in [0, 0.05) is 5.41 Å². The predicted molar refractivity (Wildman–Crippen MR) is 51.4 cm³/mol. The van der Waals surface area contributed by atoms with Crippen LogP contribution in [-0.2, 0) is 4.79 Å². The molecule has 0 saturated heterocycles. The zero-order valence-electron chi connectivity index (χ0n) is 9.37. The number of hydrogen-bond donors (Lipinski definition) is 0. The summed E-state index contributed by atoms with van der Waals surface area (Å²) < 4.78 is 38.6. The van der Waals surface area contributed by atoms with E-state index in [-0.39, 0.29) is 12.8 Å². The summed E-state index contributed by atoms with van der Waals surface area (Å²) in [5.74, 6) is -0.628. The quantitative estimate of drug-likeness (QED) is 0.711. The van der Waals surface area contributed by atoms with Gasteiger partial charge in [-0.3, -0.25) is 4.79 Å². The van der Waals surface area contributed by atoms with Crippen molar-refractivity contribution < 1.29 is 18.0 Å². The molecule has 0 bridgehead atoms. The second-order valence-corrected chi connectivity index (χ2v) is 5.00. The van der Waals surface area contributed by atoms with Gasteiger partial charge in [-0.15, -0.1) is 0 Å². The largest absolute Gasteiger partial charge is 0.401 e. The van der Waals surface area contributed by atoms with Gasteiger partial charge in [-0.2, -0.15) is 13.2 Å². The van der Waals surface area contributed by atoms with Crippen molar-refractivity contribution in [2.45, 2.75) is 52.6 Å². The van der Waals surface area contributed by atoms with Gasteiger partial charge in [0.15, 0.2) is 5.78 Å². The van der Waals surface area contributed by atoms with Gasteiger partial charge >= 0.3 is 6.18 Å². The molecule has 0 unspecified atom stereocenters. The Bertz CT molecular complexity index is 261. The number of carbonyl (C=O) groups excluding carboxylic acids is 1. The van der Waals surface area contributed by atoms with Gasteiger partial charge < -0.3 is 0 Å². The predicted octanol–water partition coefficient (Wildman–Crippen LogP) is 3.72. The van der Waals surface area contributed by atoms with E-state index in [1.165, 1.54) is 0 Å². The summed E-state index contributed by atoms with van der Waals surface area (Å²) in [6.07, 6.45) is -3.49. The minimum atomic E-state index is -4.38. The van der Waals surface area contributed by atoms with Crippen molar-refractivity contribution in [1.29, 1.82) is 0 Å². The Morgan fingerprint density at radius 1 is 1.27 bits per heavy atom. The van der Waals surface area contributed by atoms with Crippen LogP contribution in [0.3, 0.4) is 0 Å². The Balaban J connectivity index is 2.99. The molecule has 1 aliphatic carbocycles. The van der Waals surface area contributed by atoms with E-state index in [4.69, 9.17) is 0 Å². The first kappa shape index (κ1) is 12.5. The molecule has 88 valence electrons. The first-order valence-electron chi connectivity index (χ1n) is 5.29.